The molecule has 0 amide bonds. The van der Waals surface area contributed by atoms with Crippen LogP contribution < -0.4 is 4.74 Å². The van der Waals surface area contributed by atoms with E-state index in [1.807, 2.05) is 0 Å². The average Bonchev–Trinajstić information content (AvgIpc) is 3.18. The Morgan fingerprint density at radius 2 is 1.75 bits per heavy atom. The molecule has 0 aliphatic heterocycles. The maximum Gasteiger partial charge on any atom is 0.387 e. The Labute approximate surface area is 181 Å². The Kier molecular flexibility index (Phi) is 5.68. The van der Waals surface area contributed by atoms with Crippen molar-refractivity contribution in [1.82, 2.24) is 3.97 Å². The maximum absolute atomic E-state index is 14.3. The van der Waals surface area contributed by atoms with E-state index in [-0.39, 0.29) is 28.2 Å². The van der Waals surface area contributed by atoms with Gasteiger partial charge in [-0.3, -0.25) is 0 Å². The maximum atomic E-state index is 14.3. The summed E-state index contributed by atoms with van der Waals surface area (Å²) in [6, 6.07) is 14.3. The molecule has 1 aromatic heterocycles. The van der Waals surface area contributed by atoms with Gasteiger partial charge < -0.3 is 4.74 Å². The van der Waals surface area contributed by atoms with Gasteiger partial charge in [-0.15, -0.1) is 0 Å². The minimum Gasteiger partial charge on any atom is -0.435 e. The van der Waals surface area contributed by atoms with E-state index in [1.54, 1.807) is 24.3 Å². The Morgan fingerprint density at radius 1 is 0.969 bits per heavy atom. The monoisotopic (exact) mass is 463 g/mol. The fourth-order valence-corrected chi connectivity index (χ4v) is 4.82. The van der Waals surface area contributed by atoms with Crippen molar-refractivity contribution in [3.63, 3.8) is 0 Å². The molecule has 0 saturated heterocycles. The van der Waals surface area contributed by atoms with Gasteiger partial charge in [0.25, 0.3) is 10.0 Å². The zero-order valence-electron chi connectivity index (χ0n) is 16.7. The lowest BCUT2D eigenvalue weighted by Crippen LogP contribution is -2.12. The van der Waals surface area contributed by atoms with Crippen molar-refractivity contribution >= 4 is 20.9 Å². The molecule has 0 N–H and O–H groups in total. The molecule has 0 atom stereocenters. The Bertz CT molecular complexity index is 1410. The molecule has 1 heterocycles. The predicted octanol–water partition coefficient (Wildman–Crippen LogP) is 5.66. The van der Waals surface area contributed by atoms with Gasteiger partial charge >= 0.3 is 6.61 Å². The molecule has 0 radical (unpaired) electrons. The molecule has 0 saturated carbocycles. The SMILES string of the molecule is Cc1ccc(Cc2ccc3ccn(S(=O)(=O)c4cccc(OC(F)F)c4)c3c2)c(F)c1F. The van der Waals surface area contributed by atoms with Gasteiger partial charge in [0.1, 0.15) is 5.75 Å². The van der Waals surface area contributed by atoms with Crippen molar-refractivity contribution in [3.05, 3.63) is 95.2 Å². The zero-order valence-corrected chi connectivity index (χ0v) is 17.5. The van der Waals surface area contributed by atoms with Crippen LogP contribution in [0.4, 0.5) is 17.6 Å². The van der Waals surface area contributed by atoms with Crippen LogP contribution in [0.1, 0.15) is 16.7 Å². The third kappa shape index (κ3) is 4.08. The third-order valence-electron chi connectivity index (χ3n) is 5.06. The normalized spacial score (nSPS) is 11.9. The van der Waals surface area contributed by atoms with E-state index < -0.39 is 28.3 Å². The minimum absolute atomic E-state index is 0.0575. The van der Waals surface area contributed by atoms with Gasteiger partial charge in [-0.1, -0.05) is 30.3 Å². The second-order valence-electron chi connectivity index (χ2n) is 7.21. The molecule has 4 rings (SSSR count). The topological polar surface area (TPSA) is 48.3 Å². The van der Waals surface area contributed by atoms with E-state index in [2.05, 4.69) is 4.74 Å². The van der Waals surface area contributed by atoms with Crippen molar-refractivity contribution in [2.24, 2.45) is 0 Å². The van der Waals surface area contributed by atoms with E-state index >= 15 is 0 Å². The molecule has 3 aromatic carbocycles. The molecular weight excluding hydrogens is 446 g/mol. The van der Waals surface area contributed by atoms with E-state index in [9.17, 15) is 26.0 Å². The fraction of sp³-hybridized carbons (Fsp3) is 0.130. The summed E-state index contributed by atoms with van der Waals surface area (Å²) in [7, 11) is -4.13. The standard InChI is InChI=1S/C23H17F4NO3S/c1-14-5-7-17(22(25)21(14)24)11-15-6-8-16-9-10-28(20(16)12-15)32(29,30)19-4-2-3-18(13-19)31-23(26)27/h2-10,12-13,23H,11H2,1H3. The summed E-state index contributed by atoms with van der Waals surface area (Å²) in [5.74, 6) is -2.14. The van der Waals surface area contributed by atoms with Gasteiger partial charge in [-0.2, -0.15) is 8.78 Å². The van der Waals surface area contributed by atoms with Crippen LogP contribution in [0.15, 0.2) is 71.8 Å². The first-order valence-corrected chi connectivity index (χ1v) is 10.9. The van der Waals surface area contributed by atoms with Crippen LogP contribution in [0.2, 0.25) is 0 Å². The molecule has 0 bridgehead atoms. The number of rotatable bonds is 6. The molecule has 0 aliphatic carbocycles. The average molecular weight is 463 g/mol. The highest BCUT2D eigenvalue weighted by molar-refractivity contribution is 7.90. The van der Waals surface area contributed by atoms with Crippen molar-refractivity contribution < 1.29 is 30.7 Å². The molecule has 4 aromatic rings. The summed E-state index contributed by atoms with van der Waals surface area (Å²) < 4.78 is 84.8. The molecule has 9 heteroatoms. The molecule has 0 unspecified atom stereocenters. The largest absolute Gasteiger partial charge is 0.435 e. The molecule has 0 spiro atoms. The first kappa shape index (κ1) is 21.9. The lowest BCUT2D eigenvalue weighted by atomic mass is 10.0. The molecular formula is C23H17F4NO3S. The van der Waals surface area contributed by atoms with Crippen molar-refractivity contribution in [3.8, 4) is 5.75 Å². The van der Waals surface area contributed by atoms with Gasteiger partial charge in [-0.05, 0) is 47.9 Å². The first-order chi connectivity index (χ1) is 15.2. The first-order valence-electron chi connectivity index (χ1n) is 9.51. The molecule has 0 fully saturated rings. The van der Waals surface area contributed by atoms with Gasteiger partial charge in [0.05, 0.1) is 10.4 Å². The molecule has 166 valence electrons. The van der Waals surface area contributed by atoms with Crippen LogP contribution in [-0.2, 0) is 16.4 Å². The summed E-state index contributed by atoms with van der Waals surface area (Å²) in [5.41, 5.74) is 1.23. The van der Waals surface area contributed by atoms with Gasteiger partial charge in [0.2, 0.25) is 0 Å². The molecule has 4 nitrogen and oxygen atoms in total. The van der Waals surface area contributed by atoms with Gasteiger partial charge in [-0.25, -0.2) is 21.2 Å². The smallest absolute Gasteiger partial charge is 0.387 e. The lowest BCUT2D eigenvalue weighted by molar-refractivity contribution is -0.0499. The molecule has 0 aliphatic rings. The van der Waals surface area contributed by atoms with Crippen LogP contribution >= 0.6 is 0 Å². The van der Waals surface area contributed by atoms with Crippen molar-refractivity contribution in [2.45, 2.75) is 24.9 Å². The highest BCUT2D eigenvalue weighted by Gasteiger charge is 2.21. The zero-order chi connectivity index (χ0) is 23.0. The third-order valence-corrected chi connectivity index (χ3v) is 6.75. The Hall–Kier alpha value is -3.33. The van der Waals surface area contributed by atoms with E-state index in [4.69, 9.17) is 0 Å². The summed E-state index contributed by atoms with van der Waals surface area (Å²) in [6.07, 6.45) is 1.40. The number of benzene rings is 3. The quantitative estimate of drug-likeness (QED) is 0.347. The summed E-state index contributed by atoms with van der Waals surface area (Å²) in [6.45, 7) is -1.62. The number of alkyl halides is 2. The summed E-state index contributed by atoms with van der Waals surface area (Å²) in [4.78, 5) is -0.231. The highest BCUT2D eigenvalue weighted by atomic mass is 32.2. The number of ether oxygens (including phenoxy) is 1. The van der Waals surface area contributed by atoms with Crippen LogP contribution in [0.25, 0.3) is 10.9 Å². The Morgan fingerprint density at radius 3 is 2.50 bits per heavy atom. The van der Waals surface area contributed by atoms with E-state index in [0.29, 0.717) is 16.5 Å². The van der Waals surface area contributed by atoms with Gasteiger partial charge in [0.15, 0.2) is 11.6 Å². The van der Waals surface area contributed by atoms with Crippen LogP contribution in [0.3, 0.4) is 0 Å². The number of nitrogens with zero attached hydrogens (tertiary/aromatic N) is 1. The number of hydrogen-bond acceptors (Lipinski definition) is 3. The van der Waals surface area contributed by atoms with Crippen LogP contribution in [-0.4, -0.2) is 19.0 Å². The van der Waals surface area contributed by atoms with Crippen molar-refractivity contribution in [1.29, 1.82) is 0 Å². The summed E-state index contributed by atoms with van der Waals surface area (Å²) >= 11 is 0. The second kappa shape index (κ2) is 8.31. The van der Waals surface area contributed by atoms with Gasteiger partial charge in [0, 0.05) is 24.1 Å². The predicted molar refractivity (Wildman–Crippen MR) is 111 cm³/mol. The number of aromatic nitrogens is 1. The highest BCUT2D eigenvalue weighted by Crippen LogP contribution is 2.27. The minimum atomic E-state index is -4.13. The second-order valence-corrected chi connectivity index (χ2v) is 9.02. The number of hydrogen-bond donors (Lipinski definition) is 0. The lowest BCUT2D eigenvalue weighted by Gasteiger charge is -2.11. The molecule has 32 heavy (non-hydrogen) atoms. The summed E-state index contributed by atoms with van der Waals surface area (Å²) in [5, 5.41) is 0.605. The number of aryl methyl sites for hydroxylation is 1. The van der Waals surface area contributed by atoms with E-state index in [1.165, 1.54) is 43.5 Å². The van der Waals surface area contributed by atoms with Crippen molar-refractivity contribution in [2.75, 3.05) is 0 Å². The fourth-order valence-electron chi connectivity index (χ4n) is 3.44. The van der Waals surface area contributed by atoms with Crippen LogP contribution in [0, 0.1) is 18.6 Å². The number of fused-ring (bicyclic) bond motifs is 1. The van der Waals surface area contributed by atoms with Crippen LogP contribution in [0.5, 0.6) is 5.75 Å². The van der Waals surface area contributed by atoms with E-state index in [0.717, 1.165) is 10.0 Å². The number of halogens is 4. The Balaban J connectivity index is 1.74.